The summed E-state index contributed by atoms with van der Waals surface area (Å²) in [7, 11) is 0. The van der Waals surface area contributed by atoms with Crippen molar-refractivity contribution in [1.82, 2.24) is 0 Å². The van der Waals surface area contributed by atoms with Gasteiger partial charge in [-0.1, -0.05) is 30.3 Å². The molecule has 0 saturated carbocycles. The van der Waals surface area contributed by atoms with Gasteiger partial charge in [-0.25, -0.2) is 0 Å². The number of aliphatic imine (C=N–C) groups is 1. The molecule has 0 saturated heterocycles. The zero-order valence-corrected chi connectivity index (χ0v) is 16.9. The van der Waals surface area contributed by atoms with Gasteiger partial charge in [0.05, 0.1) is 0 Å². The van der Waals surface area contributed by atoms with Crippen molar-refractivity contribution in [1.29, 1.82) is 15.8 Å². The van der Waals surface area contributed by atoms with Gasteiger partial charge in [-0.3, -0.25) is 4.99 Å². The van der Waals surface area contributed by atoms with Gasteiger partial charge in [-0.15, -0.1) is 0 Å². The summed E-state index contributed by atoms with van der Waals surface area (Å²) in [5, 5.41) is 28.7. The van der Waals surface area contributed by atoms with Crippen molar-refractivity contribution in [2.75, 3.05) is 0 Å². The van der Waals surface area contributed by atoms with Crippen molar-refractivity contribution >= 4 is 11.3 Å². The minimum absolute atomic E-state index is 0.0495. The minimum atomic E-state index is -0.887. The molecule has 5 nitrogen and oxygen atoms in total. The maximum absolute atomic E-state index is 9.97. The lowest BCUT2D eigenvalue weighted by Gasteiger charge is -2.27. The molecule has 0 bridgehead atoms. The van der Waals surface area contributed by atoms with Crippen LogP contribution in [0.3, 0.4) is 0 Å². The average Bonchev–Trinajstić information content (AvgIpc) is 2.94. The maximum Gasteiger partial charge on any atom is 0.172 e. The smallest absolute Gasteiger partial charge is 0.172 e. The van der Waals surface area contributed by atoms with Crippen molar-refractivity contribution in [2.24, 2.45) is 4.99 Å². The maximum atomic E-state index is 9.97. The number of ether oxygens (including phenoxy) is 1. The highest BCUT2D eigenvalue weighted by Crippen LogP contribution is 2.47. The second kappa shape index (κ2) is 7.63. The monoisotopic (exact) mass is 380 g/mol. The van der Waals surface area contributed by atoms with Crippen molar-refractivity contribution < 1.29 is 4.74 Å². The average molecular weight is 380 g/mol. The molecule has 0 atom stereocenters. The second-order valence-electron chi connectivity index (χ2n) is 7.48. The molecule has 0 aliphatic carbocycles. The van der Waals surface area contributed by atoms with E-state index in [9.17, 15) is 15.8 Å². The zero-order chi connectivity index (χ0) is 21.2. The number of hydrogen-bond acceptors (Lipinski definition) is 5. The molecule has 0 aromatic heterocycles. The highest BCUT2D eigenvalue weighted by molar-refractivity contribution is 5.95. The van der Waals surface area contributed by atoms with Crippen molar-refractivity contribution in [3.63, 3.8) is 0 Å². The number of benzene rings is 1. The minimum Gasteiger partial charge on any atom is -0.480 e. The van der Waals surface area contributed by atoms with Gasteiger partial charge < -0.3 is 4.74 Å². The molecule has 142 valence electrons. The number of rotatable bonds is 2. The van der Waals surface area contributed by atoms with Crippen LogP contribution in [-0.4, -0.2) is 11.3 Å². The SMILES string of the molecule is CC1=CC(=C(C2=C(C#N)C(=C(C#N)C#N)OC2(C)C)c2ccccc2)CC(C)=N1. The van der Waals surface area contributed by atoms with E-state index in [1.165, 1.54) is 0 Å². The van der Waals surface area contributed by atoms with Crippen LogP contribution in [0.5, 0.6) is 0 Å². The first kappa shape index (κ1) is 19.9. The first-order valence-corrected chi connectivity index (χ1v) is 9.22. The van der Waals surface area contributed by atoms with E-state index in [4.69, 9.17) is 4.74 Å². The molecule has 0 amide bonds. The molecule has 3 rings (SSSR count). The molecule has 0 fully saturated rings. The largest absolute Gasteiger partial charge is 0.480 e. The van der Waals surface area contributed by atoms with Gasteiger partial charge in [0, 0.05) is 23.4 Å². The summed E-state index contributed by atoms with van der Waals surface area (Å²) in [5.74, 6) is 0.0495. The van der Waals surface area contributed by atoms with E-state index in [0.29, 0.717) is 12.0 Å². The standard InChI is InChI=1S/C24H20N4O/c1-15-10-18(11-16(2)28-15)21(17-8-6-5-7-9-17)22-20(14-27)23(19(12-25)13-26)29-24(22,3)4/h5-10H,11H2,1-4H3. The summed E-state index contributed by atoms with van der Waals surface area (Å²) in [6, 6.07) is 15.7. The fourth-order valence-corrected chi connectivity index (χ4v) is 3.81. The topological polar surface area (TPSA) is 93.0 Å². The highest BCUT2D eigenvalue weighted by Gasteiger charge is 2.42. The normalized spacial score (nSPS) is 19.3. The zero-order valence-electron chi connectivity index (χ0n) is 16.9. The van der Waals surface area contributed by atoms with E-state index >= 15 is 0 Å². The van der Waals surface area contributed by atoms with Crippen LogP contribution in [0.25, 0.3) is 5.57 Å². The molecule has 0 spiro atoms. The first-order valence-electron chi connectivity index (χ1n) is 9.22. The number of nitriles is 3. The Labute approximate surface area is 170 Å². The lowest BCUT2D eigenvalue weighted by Crippen LogP contribution is -2.23. The van der Waals surface area contributed by atoms with Crippen LogP contribution in [-0.2, 0) is 4.74 Å². The third-order valence-corrected chi connectivity index (χ3v) is 4.83. The summed E-state index contributed by atoms with van der Waals surface area (Å²) in [6.07, 6.45) is 2.66. The van der Waals surface area contributed by atoms with E-state index in [0.717, 1.165) is 28.1 Å². The Hall–Kier alpha value is -3.88. The molecular formula is C24H20N4O. The van der Waals surface area contributed by atoms with Gasteiger partial charge in [-0.2, -0.15) is 15.8 Å². The van der Waals surface area contributed by atoms with Crippen LogP contribution in [0.4, 0.5) is 0 Å². The van der Waals surface area contributed by atoms with Crippen LogP contribution in [0, 0.1) is 34.0 Å². The van der Waals surface area contributed by atoms with E-state index in [2.05, 4.69) is 11.1 Å². The Morgan fingerprint density at radius 1 is 1.07 bits per heavy atom. The van der Waals surface area contributed by atoms with Crippen LogP contribution in [0.2, 0.25) is 0 Å². The molecule has 1 aromatic rings. The quantitative estimate of drug-likeness (QED) is 0.664. The number of hydrogen-bond donors (Lipinski definition) is 0. The first-order chi connectivity index (χ1) is 13.8. The lowest BCUT2D eigenvalue weighted by atomic mass is 9.81. The molecule has 5 heteroatoms. The lowest BCUT2D eigenvalue weighted by molar-refractivity contribution is 0.0962. The van der Waals surface area contributed by atoms with Crippen molar-refractivity contribution in [2.45, 2.75) is 39.7 Å². The van der Waals surface area contributed by atoms with Crippen LogP contribution in [0.15, 0.2) is 75.1 Å². The van der Waals surface area contributed by atoms with Gasteiger partial charge in [-0.05, 0) is 50.5 Å². The molecule has 0 unspecified atom stereocenters. The summed E-state index contributed by atoms with van der Waals surface area (Å²) in [6.45, 7) is 7.62. The van der Waals surface area contributed by atoms with E-state index < -0.39 is 5.60 Å². The Bertz CT molecular complexity index is 1140. The van der Waals surface area contributed by atoms with Gasteiger partial charge in [0.2, 0.25) is 0 Å². The highest BCUT2D eigenvalue weighted by atomic mass is 16.5. The van der Waals surface area contributed by atoms with Gasteiger partial charge in [0.1, 0.15) is 29.4 Å². The van der Waals surface area contributed by atoms with E-state index in [1.54, 1.807) is 0 Å². The molecule has 2 heterocycles. The summed E-state index contributed by atoms with van der Waals surface area (Å²) < 4.78 is 6.01. The number of allylic oxidation sites excluding steroid dienone is 5. The second-order valence-corrected chi connectivity index (χ2v) is 7.48. The van der Waals surface area contributed by atoms with Crippen LogP contribution >= 0.6 is 0 Å². The third kappa shape index (κ3) is 3.62. The Kier molecular flexibility index (Phi) is 5.22. The summed E-state index contributed by atoms with van der Waals surface area (Å²) >= 11 is 0. The Morgan fingerprint density at radius 3 is 2.28 bits per heavy atom. The Morgan fingerprint density at radius 2 is 1.72 bits per heavy atom. The van der Waals surface area contributed by atoms with E-state index in [-0.39, 0.29) is 16.9 Å². The number of nitrogens with zero attached hydrogens (tertiary/aromatic N) is 4. The molecule has 0 radical (unpaired) electrons. The molecule has 2 aliphatic heterocycles. The van der Waals surface area contributed by atoms with Crippen molar-refractivity contribution in [3.8, 4) is 18.2 Å². The molecule has 29 heavy (non-hydrogen) atoms. The van der Waals surface area contributed by atoms with Gasteiger partial charge >= 0.3 is 0 Å². The van der Waals surface area contributed by atoms with E-state index in [1.807, 2.05) is 76.2 Å². The van der Waals surface area contributed by atoms with Crippen molar-refractivity contribution in [3.05, 3.63) is 75.7 Å². The van der Waals surface area contributed by atoms with Crippen LogP contribution in [0.1, 0.15) is 39.7 Å². The van der Waals surface area contributed by atoms with Crippen LogP contribution < -0.4 is 0 Å². The summed E-state index contributed by atoms with van der Waals surface area (Å²) in [5.41, 5.74) is 4.54. The fraction of sp³-hybridized carbons (Fsp3) is 0.250. The van der Waals surface area contributed by atoms with Gasteiger partial charge in [0.15, 0.2) is 11.3 Å². The molecule has 2 aliphatic rings. The molecular weight excluding hydrogens is 360 g/mol. The predicted molar refractivity (Wildman–Crippen MR) is 111 cm³/mol. The third-order valence-electron chi connectivity index (χ3n) is 4.83. The molecule has 1 aromatic carbocycles. The predicted octanol–water partition coefficient (Wildman–Crippen LogP) is 5.14. The Balaban J connectivity index is 2.44. The fourth-order valence-electron chi connectivity index (χ4n) is 3.81. The molecule has 0 N–H and O–H groups in total. The van der Waals surface area contributed by atoms with Gasteiger partial charge in [0.25, 0.3) is 0 Å². The summed E-state index contributed by atoms with van der Waals surface area (Å²) in [4.78, 5) is 4.52.